The van der Waals surface area contributed by atoms with Crippen molar-refractivity contribution in [2.24, 2.45) is 0 Å². The molecule has 0 aliphatic rings. The molecule has 1 unspecified atom stereocenters. The fourth-order valence-electron chi connectivity index (χ4n) is 8.19. The van der Waals surface area contributed by atoms with Gasteiger partial charge >= 0.3 is 17.9 Å². The highest BCUT2D eigenvalue weighted by Crippen LogP contribution is 2.16. The van der Waals surface area contributed by atoms with Gasteiger partial charge in [-0.15, -0.1) is 0 Å². The second kappa shape index (κ2) is 58.2. The van der Waals surface area contributed by atoms with Gasteiger partial charge in [0.2, 0.25) is 0 Å². The van der Waals surface area contributed by atoms with Crippen LogP contribution in [0.1, 0.15) is 284 Å². The summed E-state index contributed by atoms with van der Waals surface area (Å²) in [5.41, 5.74) is 0. The summed E-state index contributed by atoms with van der Waals surface area (Å²) in [6, 6.07) is 0. The Morgan fingerprint density at radius 2 is 0.571 bits per heavy atom. The molecule has 0 aromatic carbocycles. The smallest absolute Gasteiger partial charge is 0.306 e. The molecular formula is C64H110O6. The Labute approximate surface area is 433 Å². The van der Waals surface area contributed by atoms with E-state index < -0.39 is 6.10 Å². The number of ether oxygens (including phenoxy) is 3. The molecule has 6 heteroatoms. The first-order valence-electron chi connectivity index (χ1n) is 29.6. The quantitative estimate of drug-likeness (QED) is 0.0261. The van der Waals surface area contributed by atoms with Gasteiger partial charge in [-0.2, -0.15) is 0 Å². The third-order valence-electron chi connectivity index (χ3n) is 12.6. The summed E-state index contributed by atoms with van der Waals surface area (Å²) in [6.45, 7) is 6.49. The van der Waals surface area contributed by atoms with Crippen LogP contribution in [0.4, 0.5) is 0 Å². The van der Waals surface area contributed by atoms with E-state index in [9.17, 15) is 14.4 Å². The molecule has 0 aromatic heterocycles. The third-order valence-corrected chi connectivity index (χ3v) is 12.6. The van der Waals surface area contributed by atoms with Crippen LogP contribution in [-0.2, 0) is 28.6 Å². The molecule has 0 saturated carbocycles. The summed E-state index contributed by atoms with van der Waals surface area (Å²) in [5.74, 6) is -0.899. The van der Waals surface area contributed by atoms with Gasteiger partial charge in [-0.3, -0.25) is 14.4 Å². The van der Waals surface area contributed by atoms with Gasteiger partial charge in [0.25, 0.3) is 0 Å². The lowest BCUT2D eigenvalue weighted by molar-refractivity contribution is -0.167. The van der Waals surface area contributed by atoms with Gasteiger partial charge in [-0.1, -0.05) is 260 Å². The van der Waals surface area contributed by atoms with Gasteiger partial charge < -0.3 is 14.2 Å². The minimum absolute atomic E-state index is 0.0836. The van der Waals surface area contributed by atoms with Gasteiger partial charge in [0.1, 0.15) is 13.2 Å². The zero-order valence-electron chi connectivity index (χ0n) is 46.0. The summed E-state index contributed by atoms with van der Waals surface area (Å²) in [5, 5.41) is 0. The Morgan fingerprint density at radius 3 is 0.929 bits per heavy atom. The van der Waals surface area contributed by atoms with E-state index in [1.165, 1.54) is 128 Å². The molecule has 0 aliphatic carbocycles. The second-order valence-electron chi connectivity index (χ2n) is 19.5. The summed E-state index contributed by atoms with van der Waals surface area (Å²) in [6.07, 6.45) is 75.8. The number of carbonyl (C=O) groups excluding carboxylic acids is 3. The van der Waals surface area contributed by atoms with E-state index in [1.54, 1.807) is 0 Å². The standard InChI is InChI=1S/C64H110O6/c1-4-7-10-13-16-19-22-24-26-28-29-30-31-32-33-34-35-36-38-39-42-45-48-51-54-57-63(66)69-60-61(59-68-62(65)56-53-50-47-44-41-21-18-15-12-9-6-3)70-64(67)58-55-52-49-46-43-40-37-27-25-23-20-17-14-11-8-5-2/h7,10,15-16,18-19,24,26,29-30,32-33,35-36,61H,4-6,8-9,11-14,17,20-23,25,27-28,31,34,37-60H2,1-3H3/b10-7-,18-15-,19-16-,26-24-,30-29-,33-32-,36-35-. The summed E-state index contributed by atoms with van der Waals surface area (Å²) < 4.78 is 16.8. The van der Waals surface area contributed by atoms with Gasteiger partial charge in [0.15, 0.2) is 6.10 Å². The van der Waals surface area contributed by atoms with Crippen molar-refractivity contribution in [1.82, 2.24) is 0 Å². The maximum atomic E-state index is 12.9. The maximum absolute atomic E-state index is 12.9. The first-order valence-corrected chi connectivity index (χ1v) is 29.6. The summed E-state index contributed by atoms with van der Waals surface area (Å²) in [4.78, 5) is 38.1. The molecule has 0 heterocycles. The van der Waals surface area contributed by atoms with E-state index in [2.05, 4.69) is 106 Å². The molecule has 0 bridgehead atoms. The SMILES string of the molecule is CC/C=C\C/C=C\C/C=C\C/C=C\C/C=C\C/C=C\CCCCCCCCC(=O)OCC(COC(=O)CCCCCCC/C=C\CCCC)OC(=O)CCCCCCCCCCCCCCCCCC. The molecule has 0 amide bonds. The van der Waals surface area contributed by atoms with Crippen LogP contribution in [-0.4, -0.2) is 37.2 Å². The van der Waals surface area contributed by atoms with Crippen LogP contribution in [0.5, 0.6) is 0 Å². The zero-order valence-corrected chi connectivity index (χ0v) is 46.0. The highest BCUT2D eigenvalue weighted by atomic mass is 16.6. The molecule has 0 N–H and O–H groups in total. The highest BCUT2D eigenvalue weighted by molar-refractivity contribution is 5.71. The van der Waals surface area contributed by atoms with Crippen molar-refractivity contribution in [3.63, 3.8) is 0 Å². The van der Waals surface area contributed by atoms with Gasteiger partial charge in [0, 0.05) is 19.3 Å². The molecule has 70 heavy (non-hydrogen) atoms. The minimum atomic E-state index is -0.784. The van der Waals surface area contributed by atoms with E-state index >= 15 is 0 Å². The Morgan fingerprint density at radius 1 is 0.300 bits per heavy atom. The van der Waals surface area contributed by atoms with Gasteiger partial charge in [-0.05, 0) is 89.9 Å². The molecule has 0 rings (SSSR count). The molecule has 0 spiro atoms. The predicted octanol–water partition coefficient (Wildman–Crippen LogP) is 19.9. The van der Waals surface area contributed by atoms with E-state index in [1.807, 2.05) is 0 Å². The number of hydrogen-bond donors (Lipinski definition) is 0. The first-order chi connectivity index (χ1) is 34.5. The molecule has 0 fully saturated rings. The lowest BCUT2D eigenvalue weighted by Crippen LogP contribution is -2.30. The van der Waals surface area contributed by atoms with Crippen LogP contribution in [0.3, 0.4) is 0 Å². The van der Waals surface area contributed by atoms with Crippen LogP contribution in [0.25, 0.3) is 0 Å². The molecular weight excluding hydrogens is 865 g/mol. The summed E-state index contributed by atoms with van der Waals surface area (Å²) in [7, 11) is 0. The van der Waals surface area contributed by atoms with Crippen molar-refractivity contribution in [3.8, 4) is 0 Å². The monoisotopic (exact) mass is 975 g/mol. The van der Waals surface area contributed by atoms with E-state index in [0.29, 0.717) is 19.3 Å². The topological polar surface area (TPSA) is 78.9 Å². The average molecular weight is 976 g/mol. The van der Waals surface area contributed by atoms with E-state index in [-0.39, 0.29) is 31.1 Å². The number of esters is 3. The largest absolute Gasteiger partial charge is 0.462 e. The first kappa shape index (κ1) is 66.6. The molecule has 6 nitrogen and oxygen atoms in total. The van der Waals surface area contributed by atoms with Crippen molar-refractivity contribution < 1.29 is 28.6 Å². The van der Waals surface area contributed by atoms with Crippen molar-refractivity contribution >= 4 is 17.9 Å². The van der Waals surface area contributed by atoms with E-state index in [4.69, 9.17) is 14.2 Å². The molecule has 1 atom stereocenters. The van der Waals surface area contributed by atoms with Gasteiger partial charge in [-0.25, -0.2) is 0 Å². The van der Waals surface area contributed by atoms with Crippen LogP contribution in [0.2, 0.25) is 0 Å². The van der Waals surface area contributed by atoms with Crippen molar-refractivity contribution in [3.05, 3.63) is 85.1 Å². The summed E-state index contributed by atoms with van der Waals surface area (Å²) >= 11 is 0. The minimum Gasteiger partial charge on any atom is -0.462 e. The number of carbonyl (C=O) groups is 3. The van der Waals surface area contributed by atoms with Crippen LogP contribution >= 0.6 is 0 Å². The number of unbranched alkanes of at least 4 members (excludes halogenated alkanes) is 28. The maximum Gasteiger partial charge on any atom is 0.306 e. The average Bonchev–Trinajstić information content (AvgIpc) is 3.36. The van der Waals surface area contributed by atoms with Crippen LogP contribution in [0, 0.1) is 0 Å². The number of rotatable bonds is 53. The lowest BCUT2D eigenvalue weighted by Gasteiger charge is -2.18. The Bertz CT molecular complexity index is 1350. The Hall–Kier alpha value is -3.41. The fourth-order valence-corrected chi connectivity index (χ4v) is 8.19. The zero-order chi connectivity index (χ0) is 50.7. The molecule has 0 radical (unpaired) electrons. The normalized spacial score (nSPS) is 12.7. The lowest BCUT2D eigenvalue weighted by atomic mass is 10.0. The van der Waals surface area contributed by atoms with Crippen molar-refractivity contribution in [2.45, 2.75) is 290 Å². The Balaban J connectivity index is 4.32. The van der Waals surface area contributed by atoms with Crippen LogP contribution < -0.4 is 0 Å². The van der Waals surface area contributed by atoms with Crippen LogP contribution in [0.15, 0.2) is 85.1 Å². The number of allylic oxidation sites excluding steroid dienone is 14. The predicted molar refractivity (Wildman–Crippen MR) is 302 cm³/mol. The fraction of sp³-hybridized carbons (Fsp3) is 0.734. The molecule has 402 valence electrons. The van der Waals surface area contributed by atoms with Gasteiger partial charge in [0.05, 0.1) is 0 Å². The second-order valence-corrected chi connectivity index (χ2v) is 19.5. The highest BCUT2D eigenvalue weighted by Gasteiger charge is 2.19. The van der Waals surface area contributed by atoms with Crippen molar-refractivity contribution in [2.75, 3.05) is 13.2 Å². The van der Waals surface area contributed by atoms with Crippen molar-refractivity contribution in [1.29, 1.82) is 0 Å². The third kappa shape index (κ3) is 55.5. The van der Waals surface area contributed by atoms with E-state index in [0.717, 1.165) is 116 Å². The molecule has 0 aromatic rings. The number of hydrogen-bond acceptors (Lipinski definition) is 6. The molecule has 0 saturated heterocycles. The molecule has 0 aliphatic heterocycles. The Kier molecular flexibility index (Phi) is 55.3.